The molecule has 1 aromatic carbocycles. The number of hydrogen-bond donors (Lipinski definition) is 1. The average molecular weight is 297 g/mol. The van der Waals surface area contributed by atoms with Gasteiger partial charge in [0.15, 0.2) is 0 Å². The molecule has 0 saturated heterocycles. The van der Waals surface area contributed by atoms with Crippen LogP contribution >= 0.6 is 15.9 Å². The zero-order valence-electron chi connectivity index (χ0n) is 9.43. The van der Waals surface area contributed by atoms with Gasteiger partial charge in [-0.1, -0.05) is 6.07 Å². The first kappa shape index (κ1) is 12.1. The summed E-state index contributed by atoms with van der Waals surface area (Å²) < 4.78 is 8.00. The van der Waals surface area contributed by atoms with Crippen LogP contribution in [0.2, 0.25) is 0 Å². The van der Waals surface area contributed by atoms with Gasteiger partial charge in [0, 0.05) is 18.9 Å². The van der Waals surface area contributed by atoms with Crippen LogP contribution in [0.1, 0.15) is 11.4 Å². The van der Waals surface area contributed by atoms with Gasteiger partial charge in [0.25, 0.3) is 0 Å². The summed E-state index contributed by atoms with van der Waals surface area (Å²) in [6.07, 6.45) is 3.54. The normalized spacial score (nSPS) is 10.5. The highest BCUT2D eigenvalue weighted by Crippen LogP contribution is 2.25. The molecule has 0 bridgehead atoms. The molecule has 0 aliphatic carbocycles. The number of benzene rings is 1. The lowest BCUT2D eigenvalue weighted by Crippen LogP contribution is -2.04. The summed E-state index contributed by atoms with van der Waals surface area (Å²) in [5, 5.41) is 9.11. The molecule has 0 spiro atoms. The van der Waals surface area contributed by atoms with Crippen LogP contribution in [0, 0.1) is 0 Å². The molecule has 0 atom stereocenters. The summed E-state index contributed by atoms with van der Waals surface area (Å²) in [6, 6.07) is 5.90. The Bertz CT molecular complexity index is 511. The van der Waals surface area contributed by atoms with E-state index in [1.807, 2.05) is 29.0 Å². The van der Waals surface area contributed by atoms with Crippen molar-refractivity contribution < 1.29 is 9.84 Å². The maximum atomic E-state index is 9.11. The Hall–Kier alpha value is -1.33. The Morgan fingerprint density at radius 2 is 2.29 bits per heavy atom. The van der Waals surface area contributed by atoms with Crippen molar-refractivity contribution in [3.63, 3.8) is 0 Å². The molecule has 1 heterocycles. The zero-order chi connectivity index (χ0) is 12.3. The Morgan fingerprint density at radius 1 is 1.47 bits per heavy atom. The van der Waals surface area contributed by atoms with Crippen molar-refractivity contribution in [2.24, 2.45) is 0 Å². The number of nitrogens with zero attached hydrogens (tertiary/aromatic N) is 2. The van der Waals surface area contributed by atoms with Crippen molar-refractivity contribution in [1.82, 2.24) is 9.55 Å². The van der Waals surface area contributed by atoms with Crippen LogP contribution in [-0.4, -0.2) is 21.8 Å². The van der Waals surface area contributed by atoms with Gasteiger partial charge in [-0.3, -0.25) is 0 Å². The first-order valence-corrected chi connectivity index (χ1v) is 5.97. The molecule has 4 nitrogen and oxygen atoms in total. The fraction of sp³-hybridized carbons (Fsp3) is 0.250. The van der Waals surface area contributed by atoms with Crippen molar-refractivity contribution in [2.45, 2.75) is 13.2 Å². The average Bonchev–Trinajstić information content (AvgIpc) is 2.76. The van der Waals surface area contributed by atoms with E-state index in [-0.39, 0.29) is 6.61 Å². The molecule has 2 rings (SSSR count). The minimum atomic E-state index is -0.0513. The second-order valence-corrected chi connectivity index (χ2v) is 4.45. The van der Waals surface area contributed by atoms with E-state index >= 15 is 0 Å². The maximum Gasteiger partial charge on any atom is 0.134 e. The van der Waals surface area contributed by atoms with E-state index in [2.05, 4.69) is 20.9 Å². The van der Waals surface area contributed by atoms with Crippen molar-refractivity contribution >= 4 is 15.9 Å². The highest BCUT2D eigenvalue weighted by Gasteiger charge is 2.05. The standard InChI is InChI=1S/C12H13BrN2O2/c1-17-11-3-2-9(6-10(11)13)7-15-5-4-14-12(15)8-16/h2-6,16H,7-8H2,1H3. The minimum absolute atomic E-state index is 0.0513. The zero-order valence-corrected chi connectivity index (χ0v) is 11.0. The van der Waals surface area contributed by atoms with Gasteiger partial charge in [0.1, 0.15) is 18.2 Å². The SMILES string of the molecule is COc1ccc(Cn2ccnc2CO)cc1Br. The number of aliphatic hydroxyl groups is 1. The Kier molecular flexibility index (Phi) is 3.81. The van der Waals surface area contributed by atoms with Gasteiger partial charge in [-0.05, 0) is 33.6 Å². The molecule has 0 unspecified atom stereocenters. The summed E-state index contributed by atoms with van der Waals surface area (Å²) in [7, 11) is 1.64. The summed E-state index contributed by atoms with van der Waals surface area (Å²) in [5.74, 6) is 1.47. The van der Waals surface area contributed by atoms with Gasteiger partial charge in [0.05, 0.1) is 11.6 Å². The first-order chi connectivity index (χ1) is 8.24. The third-order valence-electron chi connectivity index (χ3n) is 2.51. The second-order valence-electron chi connectivity index (χ2n) is 3.60. The minimum Gasteiger partial charge on any atom is -0.496 e. The lowest BCUT2D eigenvalue weighted by atomic mass is 10.2. The van der Waals surface area contributed by atoms with Crippen LogP contribution in [0.5, 0.6) is 5.75 Å². The van der Waals surface area contributed by atoms with E-state index in [0.29, 0.717) is 12.4 Å². The lowest BCUT2D eigenvalue weighted by molar-refractivity contribution is 0.266. The third-order valence-corrected chi connectivity index (χ3v) is 3.13. The monoisotopic (exact) mass is 296 g/mol. The Morgan fingerprint density at radius 3 is 2.94 bits per heavy atom. The fourth-order valence-electron chi connectivity index (χ4n) is 1.64. The van der Waals surface area contributed by atoms with Crippen LogP contribution in [0.25, 0.3) is 0 Å². The quantitative estimate of drug-likeness (QED) is 0.941. The molecule has 5 heteroatoms. The van der Waals surface area contributed by atoms with Crippen LogP contribution in [0.3, 0.4) is 0 Å². The number of halogens is 1. The van der Waals surface area contributed by atoms with Gasteiger partial charge in [-0.2, -0.15) is 0 Å². The summed E-state index contributed by atoms with van der Waals surface area (Å²) in [5.41, 5.74) is 1.12. The molecule has 90 valence electrons. The van der Waals surface area contributed by atoms with E-state index in [4.69, 9.17) is 9.84 Å². The molecule has 0 aliphatic heterocycles. The molecule has 0 saturated carbocycles. The van der Waals surface area contributed by atoms with Gasteiger partial charge >= 0.3 is 0 Å². The number of aliphatic hydroxyl groups excluding tert-OH is 1. The van der Waals surface area contributed by atoms with Gasteiger partial charge in [0.2, 0.25) is 0 Å². The molecular weight excluding hydrogens is 284 g/mol. The van der Waals surface area contributed by atoms with Gasteiger partial charge < -0.3 is 14.4 Å². The highest BCUT2D eigenvalue weighted by molar-refractivity contribution is 9.10. The van der Waals surface area contributed by atoms with Crippen molar-refractivity contribution in [3.8, 4) is 5.75 Å². The number of ether oxygens (including phenoxy) is 1. The van der Waals surface area contributed by atoms with Crippen LogP contribution in [-0.2, 0) is 13.2 Å². The Labute approximate surface area is 108 Å². The molecular formula is C12H13BrN2O2. The van der Waals surface area contributed by atoms with E-state index in [0.717, 1.165) is 15.8 Å². The number of methoxy groups -OCH3 is 1. The topological polar surface area (TPSA) is 47.3 Å². The van der Waals surface area contributed by atoms with E-state index in [9.17, 15) is 0 Å². The maximum absolute atomic E-state index is 9.11. The van der Waals surface area contributed by atoms with Gasteiger partial charge in [-0.15, -0.1) is 0 Å². The van der Waals surface area contributed by atoms with Crippen molar-refractivity contribution in [2.75, 3.05) is 7.11 Å². The number of rotatable bonds is 4. The molecule has 2 aromatic rings. The summed E-state index contributed by atoms with van der Waals surface area (Å²) in [6.45, 7) is 0.628. The molecule has 0 aliphatic rings. The van der Waals surface area contributed by atoms with E-state index in [1.54, 1.807) is 13.3 Å². The molecule has 1 N–H and O–H groups in total. The smallest absolute Gasteiger partial charge is 0.134 e. The summed E-state index contributed by atoms with van der Waals surface area (Å²) in [4.78, 5) is 4.06. The van der Waals surface area contributed by atoms with Crippen LogP contribution in [0.15, 0.2) is 35.1 Å². The second kappa shape index (κ2) is 5.33. The van der Waals surface area contributed by atoms with Crippen LogP contribution < -0.4 is 4.74 Å². The molecule has 0 fully saturated rings. The predicted octanol–water partition coefficient (Wildman–Crippen LogP) is 2.19. The number of hydrogen-bond acceptors (Lipinski definition) is 3. The van der Waals surface area contributed by atoms with E-state index < -0.39 is 0 Å². The molecule has 0 radical (unpaired) electrons. The largest absolute Gasteiger partial charge is 0.496 e. The Balaban J connectivity index is 2.22. The number of imidazole rings is 1. The highest BCUT2D eigenvalue weighted by atomic mass is 79.9. The molecule has 17 heavy (non-hydrogen) atoms. The molecule has 0 amide bonds. The predicted molar refractivity (Wildman–Crippen MR) is 67.9 cm³/mol. The van der Waals surface area contributed by atoms with E-state index in [1.165, 1.54) is 0 Å². The lowest BCUT2D eigenvalue weighted by Gasteiger charge is -2.08. The third kappa shape index (κ3) is 2.68. The van der Waals surface area contributed by atoms with Crippen molar-refractivity contribution in [1.29, 1.82) is 0 Å². The van der Waals surface area contributed by atoms with Crippen molar-refractivity contribution in [3.05, 3.63) is 46.5 Å². The fourth-order valence-corrected chi connectivity index (χ4v) is 2.23. The summed E-state index contributed by atoms with van der Waals surface area (Å²) >= 11 is 3.45. The first-order valence-electron chi connectivity index (χ1n) is 5.18. The number of aromatic nitrogens is 2. The molecule has 1 aromatic heterocycles. The van der Waals surface area contributed by atoms with Gasteiger partial charge in [-0.25, -0.2) is 4.98 Å². The van der Waals surface area contributed by atoms with Crippen LogP contribution in [0.4, 0.5) is 0 Å².